The molecule has 0 aromatic carbocycles. The zero-order valence-corrected chi connectivity index (χ0v) is 14.0. The average Bonchev–Trinajstić information content (AvgIpc) is 3.06. The van der Waals surface area contributed by atoms with Gasteiger partial charge in [-0.15, -0.1) is 11.3 Å². The molecule has 22 heavy (non-hydrogen) atoms. The van der Waals surface area contributed by atoms with Crippen LogP contribution in [-0.2, 0) is 19.9 Å². The third-order valence-corrected chi connectivity index (χ3v) is 5.40. The van der Waals surface area contributed by atoms with Gasteiger partial charge in [0, 0.05) is 11.9 Å². The van der Waals surface area contributed by atoms with Crippen LogP contribution in [0.3, 0.4) is 0 Å². The molecule has 118 valence electrons. The van der Waals surface area contributed by atoms with Crippen LogP contribution in [0.2, 0.25) is 0 Å². The lowest BCUT2D eigenvalue weighted by atomic mass is 10.0. The van der Waals surface area contributed by atoms with E-state index in [2.05, 4.69) is 15.7 Å². The van der Waals surface area contributed by atoms with Crippen LogP contribution in [0.5, 0.6) is 0 Å². The largest absolute Gasteiger partial charge is 0.329 e. The van der Waals surface area contributed by atoms with Crippen molar-refractivity contribution in [3.8, 4) is 0 Å². The van der Waals surface area contributed by atoms with Gasteiger partial charge < -0.3 is 10.6 Å². The first-order valence-corrected chi connectivity index (χ1v) is 8.41. The molecular weight excluding hydrogens is 298 g/mol. The Balaban J connectivity index is 1.63. The van der Waals surface area contributed by atoms with Crippen molar-refractivity contribution in [3.05, 3.63) is 27.5 Å². The van der Waals surface area contributed by atoms with Crippen LogP contribution in [0.25, 0.3) is 0 Å². The normalized spacial score (nSPS) is 15.2. The van der Waals surface area contributed by atoms with E-state index in [0.29, 0.717) is 0 Å². The van der Waals surface area contributed by atoms with Gasteiger partial charge in [-0.2, -0.15) is 5.10 Å². The molecule has 0 fully saturated rings. The van der Waals surface area contributed by atoms with E-state index in [4.69, 9.17) is 4.98 Å². The molecule has 3 rings (SSSR count). The van der Waals surface area contributed by atoms with Crippen LogP contribution < -0.4 is 10.6 Å². The monoisotopic (exact) mass is 319 g/mol. The molecule has 2 aromatic rings. The summed E-state index contributed by atoms with van der Waals surface area (Å²) in [5.41, 5.74) is 2.88. The topological polar surface area (TPSA) is 71.8 Å². The number of nitrogens with zero attached hydrogens (tertiary/aromatic N) is 3. The molecule has 1 aliphatic carbocycles. The summed E-state index contributed by atoms with van der Waals surface area (Å²) in [5, 5.41) is 10.9. The zero-order valence-electron chi connectivity index (χ0n) is 13.1. The van der Waals surface area contributed by atoms with Crippen molar-refractivity contribution in [2.75, 3.05) is 5.32 Å². The number of carbonyl (C=O) groups excluding carboxylic acids is 1. The third kappa shape index (κ3) is 2.99. The van der Waals surface area contributed by atoms with Gasteiger partial charge >= 0.3 is 6.03 Å². The van der Waals surface area contributed by atoms with Crippen molar-refractivity contribution in [3.63, 3.8) is 0 Å². The first kappa shape index (κ1) is 15.0. The van der Waals surface area contributed by atoms with Crippen molar-refractivity contribution in [1.82, 2.24) is 20.1 Å². The number of hydrogen-bond donors (Lipinski definition) is 2. The van der Waals surface area contributed by atoms with E-state index in [1.807, 2.05) is 20.9 Å². The van der Waals surface area contributed by atoms with Gasteiger partial charge in [0.2, 0.25) is 0 Å². The van der Waals surface area contributed by atoms with Crippen molar-refractivity contribution in [2.24, 2.45) is 7.05 Å². The molecule has 2 aromatic heterocycles. The lowest BCUT2D eigenvalue weighted by molar-refractivity contribution is 0.249. The van der Waals surface area contributed by atoms with Crippen LogP contribution in [0, 0.1) is 6.92 Å². The maximum Gasteiger partial charge on any atom is 0.319 e. The fourth-order valence-corrected chi connectivity index (χ4v) is 3.75. The summed E-state index contributed by atoms with van der Waals surface area (Å²) in [5.74, 6) is 0. The first-order valence-electron chi connectivity index (χ1n) is 7.59. The summed E-state index contributed by atoms with van der Waals surface area (Å²) in [6.07, 6.45) is 6.32. The van der Waals surface area contributed by atoms with Crippen molar-refractivity contribution < 1.29 is 4.79 Å². The van der Waals surface area contributed by atoms with Crippen LogP contribution in [-0.4, -0.2) is 20.8 Å². The van der Waals surface area contributed by atoms with Crippen molar-refractivity contribution >= 4 is 23.1 Å². The highest BCUT2D eigenvalue weighted by atomic mass is 32.1. The van der Waals surface area contributed by atoms with Crippen molar-refractivity contribution in [1.29, 1.82) is 0 Å². The minimum absolute atomic E-state index is 0.0902. The Hall–Kier alpha value is -1.89. The van der Waals surface area contributed by atoms with E-state index in [9.17, 15) is 4.79 Å². The quantitative estimate of drug-likeness (QED) is 0.913. The number of anilines is 1. The summed E-state index contributed by atoms with van der Waals surface area (Å²) in [6, 6.07) is -0.315. The second-order valence-corrected chi connectivity index (χ2v) is 6.83. The summed E-state index contributed by atoms with van der Waals surface area (Å²) in [4.78, 5) is 18.2. The van der Waals surface area contributed by atoms with Gasteiger partial charge in [0.25, 0.3) is 0 Å². The van der Waals surface area contributed by atoms with Crippen molar-refractivity contribution in [2.45, 2.75) is 45.6 Å². The van der Waals surface area contributed by atoms with E-state index >= 15 is 0 Å². The molecule has 0 radical (unpaired) electrons. The number of rotatable bonds is 3. The molecule has 1 aliphatic rings. The first-order chi connectivity index (χ1) is 10.5. The van der Waals surface area contributed by atoms with Gasteiger partial charge in [-0.25, -0.2) is 9.78 Å². The molecule has 2 heterocycles. The van der Waals surface area contributed by atoms with Gasteiger partial charge in [0.1, 0.15) is 5.01 Å². The highest BCUT2D eigenvalue weighted by molar-refractivity contribution is 7.11. The number of aryl methyl sites for hydroxylation is 3. The number of carbonyl (C=O) groups is 1. The number of amides is 2. The number of nitrogens with one attached hydrogen (secondary N) is 2. The molecule has 0 saturated heterocycles. The summed E-state index contributed by atoms with van der Waals surface area (Å²) >= 11 is 1.73. The average molecular weight is 319 g/mol. The molecule has 0 spiro atoms. The third-order valence-electron chi connectivity index (χ3n) is 4.06. The summed E-state index contributed by atoms with van der Waals surface area (Å²) in [6.45, 7) is 3.89. The number of urea groups is 1. The Morgan fingerprint density at radius 2 is 2.18 bits per heavy atom. The lowest BCUT2D eigenvalue weighted by Crippen LogP contribution is -2.31. The molecule has 2 amide bonds. The fraction of sp³-hybridized carbons (Fsp3) is 0.533. The minimum atomic E-state index is -0.225. The number of aromatic nitrogens is 3. The standard InChI is InChI=1S/C15H21N5OS/c1-9(14-18-11-6-4-5-7-13(11)22-14)17-15(21)19-12-8-16-20(3)10(12)2/h8-9H,4-7H2,1-3H3,(H2,17,19,21). The van der Waals surface area contributed by atoms with E-state index in [1.54, 1.807) is 22.2 Å². The molecule has 1 unspecified atom stereocenters. The minimum Gasteiger partial charge on any atom is -0.329 e. The number of thiazole rings is 1. The molecule has 0 bridgehead atoms. The smallest absolute Gasteiger partial charge is 0.319 e. The zero-order chi connectivity index (χ0) is 15.7. The Labute approximate surface area is 133 Å². The van der Waals surface area contributed by atoms with Gasteiger partial charge in [-0.3, -0.25) is 4.68 Å². The lowest BCUT2D eigenvalue weighted by Gasteiger charge is -2.12. The second-order valence-electron chi connectivity index (χ2n) is 5.72. The van der Waals surface area contributed by atoms with E-state index in [1.165, 1.54) is 23.4 Å². The molecule has 6 nitrogen and oxygen atoms in total. The Morgan fingerprint density at radius 3 is 2.86 bits per heavy atom. The maximum absolute atomic E-state index is 12.1. The molecular formula is C15H21N5OS. The summed E-state index contributed by atoms with van der Waals surface area (Å²) < 4.78 is 1.73. The summed E-state index contributed by atoms with van der Waals surface area (Å²) in [7, 11) is 1.85. The molecule has 1 atom stereocenters. The maximum atomic E-state index is 12.1. The Morgan fingerprint density at radius 1 is 1.41 bits per heavy atom. The highest BCUT2D eigenvalue weighted by Crippen LogP contribution is 2.29. The molecule has 0 aliphatic heterocycles. The van der Waals surface area contributed by atoms with E-state index in [0.717, 1.165) is 29.2 Å². The Bertz CT molecular complexity index is 667. The molecule has 0 saturated carbocycles. The molecule has 7 heteroatoms. The van der Waals surface area contributed by atoms with Crippen LogP contribution in [0.1, 0.15) is 47.1 Å². The predicted molar refractivity (Wildman–Crippen MR) is 87.3 cm³/mol. The van der Waals surface area contributed by atoms with Gasteiger partial charge in [-0.1, -0.05) is 0 Å². The fourth-order valence-electron chi connectivity index (χ4n) is 2.60. The van der Waals surface area contributed by atoms with Crippen LogP contribution in [0.15, 0.2) is 6.20 Å². The van der Waals surface area contributed by atoms with Crippen LogP contribution >= 0.6 is 11.3 Å². The van der Waals surface area contributed by atoms with Gasteiger partial charge in [0.15, 0.2) is 0 Å². The predicted octanol–water partition coefficient (Wildman–Crippen LogP) is 2.95. The second kappa shape index (κ2) is 6.08. The van der Waals surface area contributed by atoms with Crippen LogP contribution in [0.4, 0.5) is 10.5 Å². The SMILES string of the molecule is Cc1c(NC(=O)NC(C)c2nc3c(s2)CCCC3)cnn1C. The van der Waals surface area contributed by atoms with Gasteiger partial charge in [0.05, 0.1) is 29.3 Å². The van der Waals surface area contributed by atoms with E-state index < -0.39 is 0 Å². The molecule has 2 N–H and O–H groups in total. The number of fused-ring (bicyclic) bond motifs is 1. The van der Waals surface area contributed by atoms with Gasteiger partial charge in [-0.05, 0) is 39.5 Å². The number of hydrogen-bond acceptors (Lipinski definition) is 4. The highest BCUT2D eigenvalue weighted by Gasteiger charge is 2.19. The Kier molecular flexibility index (Phi) is 4.15. The van der Waals surface area contributed by atoms with E-state index in [-0.39, 0.29) is 12.1 Å².